The topological polar surface area (TPSA) is 62.0 Å². The largest absolute Gasteiger partial charge is 0.357 e. The second-order valence-electron chi connectivity index (χ2n) is 5.56. The van der Waals surface area contributed by atoms with E-state index in [1.165, 1.54) is 11.8 Å². The Balaban J connectivity index is 1.63. The minimum Gasteiger partial charge on any atom is -0.357 e. The maximum Gasteiger partial charge on any atom is 0.234 e. The Hall–Kier alpha value is -2.53. The normalized spacial score (nSPS) is 10.7. The van der Waals surface area contributed by atoms with Gasteiger partial charge in [-0.2, -0.15) is 0 Å². The smallest absolute Gasteiger partial charge is 0.234 e. The zero-order valence-corrected chi connectivity index (χ0v) is 14.2. The van der Waals surface area contributed by atoms with E-state index in [0.29, 0.717) is 16.9 Å². The van der Waals surface area contributed by atoms with E-state index in [2.05, 4.69) is 10.3 Å². The number of anilines is 1. The summed E-state index contributed by atoms with van der Waals surface area (Å²) in [4.78, 5) is 27.4. The van der Waals surface area contributed by atoms with E-state index < -0.39 is 0 Å². The first-order valence-corrected chi connectivity index (χ1v) is 8.83. The van der Waals surface area contributed by atoms with Gasteiger partial charge >= 0.3 is 0 Å². The van der Waals surface area contributed by atoms with Crippen LogP contribution < -0.4 is 10.7 Å². The molecule has 2 aromatic carbocycles. The zero-order valence-electron chi connectivity index (χ0n) is 13.3. The summed E-state index contributed by atoms with van der Waals surface area (Å²) in [6.45, 7) is 1.97. The number of carbonyl (C=O) groups excluding carboxylic acids is 1. The maximum absolute atomic E-state index is 12.2. The number of aryl methyl sites for hydroxylation is 1. The number of aromatic amines is 1. The van der Waals surface area contributed by atoms with Gasteiger partial charge in [0.2, 0.25) is 5.91 Å². The fourth-order valence-corrected chi connectivity index (χ4v) is 3.26. The van der Waals surface area contributed by atoms with E-state index >= 15 is 0 Å². The van der Waals surface area contributed by atoms with Crippen molar-refractivity contribution in [3.63, 3.8) is 0 Å². The van der Waals surface area contributed by atoms with Gasteiger partial charge in [0.05, 0.1) is 11.3 Å². The van der Waals surface area contributed by atoms with E-state index in [0.717, 1.165) is 22.5 Å². The molecule has 3 aromatic rings. The van der Waals surface area contributed by atoms with Gasteiger partial charge < -0.3 is 10.3 Å². The Morgan fingerprint density at radius 3 is 2.71 bits per heavy atom. The van der Waals surface area contributed by atoms with E-state index in [9.17, 15) is 9.59 Å². The van der Waals surface area contributed by atoms with Gasteiger partial charge in [-0.1, -0.05) is 30.3 Å². The van der Waals surface area contributed by atoms with E-state index in [1.54, 1.807) is 6.07 Å². The molecule has 3 rings (SSSR count). The van der Waals surface area contributed by atoms with E-state index in [1.807, 2.05) is 55.5 Å². The highest BCUT2D eigenvalue weighted by molar-refractivity contribution is 7.99. The third kappa shape index (κ3) is 3.86. The Morgan fingerprint density at radius 1 is 1.12 bits per heavy atom. The molecule has 0 aliphatic heterocycles. The fraction of sp³-hybridized carbons (Fsp3) is 0.158. The molecule has 1 amide bonds. The predicted octanol–water partition coefficient (Wildman–Crippen LogP) is 3.71. The number of thioether (sulfide) groups is 1. The van der Waals surface area contributed by atoms with Crippen molar-refractivity contribution < 1.29 is 4.79 Å². The highest BCUT2D eigenvalue weighted by Gasteiger charge is 2.06. The number of rotatable bonds is 5. The molecule has 0 saturated carbocycles. The summed E-state index contributed by atoms with van der Waals surface area (Å²) in [5.41, 5.74) is 3.54. The summed E-state index contributed by atoms with van der Waals surface area (Å²) in [6.07, 6.45) is 0. The van der Waals surface area contributed by atoms with Gasteiger partial charge in [-0.25, -0.2) is 0 Å². The van der Waals surface area contributed by atoms with Crippen molar-refractivity contribution >= 4 is 34.3 Å². The lowest BCUT2D eigenvalue weighted by atomic mass is 10.1. The van der Waals surface area contributed by atoms with Crippen molar-refractivity contribution in [1.29, 1.82) is 0 Å². The van der Waals surface area contributed by atoms with Gasteiger partial charge in [-0.15, -0.1) is 11.8 Å². The number of fused-ring (bicyclic) bond motifs is 1. The quantitative estimate of drug-likeness (QED) is 0.745. The molecular weight excluding hydrogens is 320 g/mol. The van der Waals surface area contributed by atoms with Crippen molar-refractivity contribution in [3.8, 4) is 0 Å². The summed E-state index contributed by atoms with van der Waals surface area (Å²) in [7, 11) is 0. The lowest BCUT2D eigenvalue weighted by molar-refractivity contribution is -0.113. The first-order chi connectivity index (χ1) is 11.6. The second-order valence-corrected chi connectivity index (χ2v) is 6.55. The summed E-state index contributed by atoms with van der Waals surface area (Å²) in [5, 5.41) is 3.55. The number of pyridine rings is 1. The van der Waals surface area contributed by atoms with Crippen molar-refractivity contribution in [2.75, 3.05) is 11.1 Å². The Morgan fingerprint density at radius 2 is 1.92 bits per heavy atom. The monoisotopic (exact) mass is 338 g/mol. The molecule has 4 nitrogen and oxygen atoms in total. The summed E-state index contributed by atoms with van der Waals surface area (Å²) < 4.78 is 0. The van der Waals surface area contributed by atoms with Crippen molar-refractivity contribution in [3.05, 3.63) is 76.1 Å². The molecule has 5 heteroatoms. The number of para-hydroxylation sites is 2. The number of amides is 1. The molecule has 0 fully saturated rings. The van der Waals surface area contributed by atoms with Gasteiger partial charge in [0.15, 0.2) is 5.43 Å². The minimum absolute atomic E-state index is 0.0109. The van der Waals surface area contributed by atoms with Crippen molar-refractivity contribution in [1.82, 2.24) is 4.98 Å². The molecule has 0 atom stereocenters. The highest BCUT2D eigenvalue weighted by atomic mass is 32.2. The van der Waals surface area contributed by atoms with Gasteiger partial charge in [0.25, 0.3) is 0 Å². The molecule has 1 heterocycles. The van der Waals surface area contributed by atoms with Crippen LogP contribution in [0.15, 0.2) is 59.4 Å². The number of hydrogen-bond donors (Lipinski definition) is 2. The van der Waals surface area contributed by atoms with Crippen LogP contribution in [0.2, 0.25) is 0 Å². The molecule has 2 N–H and O–H groups in total. The average Bonchev–Trinajstić information content (AvgIpc) is 2.57. The molecule has 0 spiro atoms. The van der Waals surface area contributed by atoms with Crippen LogP contribution in [0.3, 0.4) is 0 Å². The molecule has 0 unspecified atom stereocenters. The van der Waals surface area contributed by atoms with Crippen molar-refractivity contribution in [2.24, 2.45) is 0 Å². The van der Waals surface area contributed by atoms with Crippen LogP contribution in [0.5, 0.6) is 0 Å². The Labute approximate surface area is 144 Å². The molecule has 0 bridgehead atoms. The lowest BCUT2D eigenvalue weighted by Gasteiger charge is -2.07. The first-order valence-electron chi connectivity index (χ1n) is 7.67. The fourth-order valence-electron chi connectivity index (χ4n) is 2.52. The number of carbonyl (C=O) groups is 1. The second kappa shape index (κ2) is 7.36. The van der Waals surface area contributed by atoms with E-state index in [-0.39, 0.29) is 11.3 Å². The summed E-state index contributed by atoms with van der Waals surface area (Å²) in [5.74, 6) is 0.871. The van der Waals surface area contributed by atoms with Gasteiger partial charge in [0.1, 0.15) is 0 Å². The third-order valence-electron chi connectivity index (χ3n) is 3.68. The third-order valence-corrected chi connectivity index (χ3v) is 4.66. The SMILES string of the molecule is Cc1cccc2c(=O)cc(CSCC(=O)Nc3ccccc3)[nH]c12. The summed E-state index contributed by atoms with van der Waals surface area (Å²) >= 11 is 1.47. The molecule has 0 aliphatic carbocycles. The number of aromatic nitrogens is 1. The molecule has 1 aromatic heterocycles. The number of hydrogen-bond acceptors (Lipinski definition) is 3. The Bertz CT molecular complexity index is 920. The number of benzene rings is 2. The van der Waals surface area contributed by atoms with Crippen LogP contribution in [0.1, 0.15) is 11.3 Å². The predicted molar refractivity (Wildman–Crippen MR) is 101 cm³/mol. The molecule has 24 heavy (non-hydrogen) atoms. The van der Waals surface area contributed by atoms with Crippen LogP contribution in [0.4, 0.5) is 5.69 Å². The van der Waals surface area contributed by atoms with Gasteiger partial charge in [-0.3, -0.25) is 9.59 Å². The van der Waals surface area contributed by atoms with E-state index in [4.69, 9.17) is 0 Å². The maximum atomic E-state index is 12.2. The molecular formula is C19H18N2O2S. The van der Waals surface area contributed by atoms with Gasteiger partial charge in [0, 0.05) is 28.6 Å². The molecule has 0 saturated heterocycles. The summed E-state index contributed by atoms with van der Waals surface area (Å²) in [6, 6.07) is 16.7. The average molecular weight is 338 g/mol. The number of nitrogens with one attached hydrogen (secondary N) is 2. The van der Waals surface area contributed by atoms with Crippen LogP contribution >= 0.6 is 11.8 Å². The van der Waals surface area contributed by atoms with Crippen LogP contribution in [0, 0.1) is 6.92 Å². The van der Waals surface area contributed by atoms with Crippen LogP contribution in [0.25, 0.3) is 10.9 Å². The number of H-pyrrole nitrogens is 1. The first kappa shape index (κ1) is 16.3. The zero-order chi connectivity index (χ0) is 16.9. The highest BCUT2D eigenvalue weighted by Crippen LogP contribution is 2.16. The molecule has 0 radical (unpaired) electrons. The standard InChI is InChI=1S/C19H18N2O2S/c1-13-6-5-9-16-17(22)10-15(21-19(13)16)11-24-12-18(23)20-14-7-3-2-4-8-14/h2-10H,11-12H2,1H3,(H,20,23)(H,21,22). The lowest BCUT2D eigenvalue weighted by Crippen LogP contribution is -2.14. The minimum atomic E-state index is -0.0504. The molecule has 0 aliphatic rings. The molecule has 122 valence electrons. The van der Waals surface area contributed by atoms with Crippen LogP contribution in [-0.2, 0) is 10.5 Å². The Kier molecular flexibility index (Phi) is 5.01. The van der Waals surface area contributed by atoms with Crippen LogP contribution in [-0.4, -0.2) is 16.6 Å². The van der Waals surface area contributed by atoms with Crippen molar-refractivity contribution in [2.45, 2.75) is 12.7 Å². The van der Waals surface area contributed by atoms with Gasteiger partial charge in [-0.05, 0) is 30.7 Å².